The molecule has 0 aromatic carbocycles. The summed E-state index contributed by atoms with van der Waals surface area (Å²) in [6.45, 7) is 0.866. The van der Waals surface area contributed by atoms with Crippen molar-refractivity contribution in [2.45, 2.75) is 62.9 Å². The van der Waals surface area contributed by atoms with Crippen LogP contribution >= 0.6 is 0 Å². The average molecular weight is 208 g/mol. The van der Waals surface area contributed by atoms with Crippen molar-refractivity contribution >= 4 is 0 Å². The minimum Gasteiger partial charge on any atom is -0.329 e. The largest absolute Gasteiger partial charge is 0.329 e. The Labute approximate surface area is 93.0 Å². The van der Waals surface area contributed by atoms with E-state index in [1.165, 1.54) is 51.4 Å². The summed E-state index contributed by atoms with van der Waals surface area (Å²) in [5.74, 6) is 1.89. The monoisotopic (exact) mass is 208 g/mol. The van der Waals surface area contributed by atoms with Gasteiger partial charge in [0.25, 0.3) is 0 Å². The summed E-state index contributed by atoms with van der Waals surface area (Å²) >= 11 is 0. The highest BCUT2D eigenvalue weighted by molar-refractivity contribution is 5.08. The predicted molar refractivity (Wildman–Crippen MR) is 62.6 cm³/mol. The second-order valence-electron chi connectivity index (χ2n) is 6.07. The maximum Gasteiger partial charge on any atom is 0.0337 e. The Bertz CT molecular complexity index is 235. The van der Waals surface area contributed by atoms with Gasteiger partial charge in [-0.3, -0.25) is 0 Å². The van der Waals surface area contributed by atoms with Gasteiger partial charge in [-0.1, -0.05) is 19.3 Å². The fourth-order valence-electron chi connectivity index (χ4n) is 4.41. The molecule has 3 rings (SSSR count). The second-order valence-corrected chi connectivity index (χ2v) is 6.07. The van der Waals surface area contributed by atoms with Gasteiger partial charge in [0.15, 0.2) is 0 Å². The summed E-state index contributed by atoms with van der Waals surface area (Å²) in [6.07, 6.45) is 11.3. The Hall–Kier alpha value is -0.0800. The Balaban J connectivity index is 1.69. The van der Waals surface area contributed by atoms with Crippen molar-refractivity contribution in [1.29, 1.82) is 0 Å². The fourth-order valence-corrected chi connectivity index (χ4v) is 4.41. The number of hydrogen-bond donors (Lipinski definition) is 2. The van der Waals surface area contributed by atoms with Crippen LogP contribution < -0.4 is 11.1 Å². The molecule has 3 N–H and O–H groups in total. The van der Waals surface area contributed by atoms with Gasteiger partial charge in [0.2, 0.25) is 0 Å². The zero-order chi connectivity index (χ0) is 10.3. The van der Waals surface area contributed by atoms with Crippen molar-refractivity contribution < 1.29 is 0 Å². The first-order valence-electron chi connectivity index (χ1n) is 6.80. The molecule has 3 aliphatic carbocycles. The number of fused-ring (bicyclic) bond motifs is 2. The molecule has 3 saturated carbocycles. The quantitative estimate of drug-likeness (QED) is 0.745. The van der Waals surface area contributed by atoms with Crippen LogP contribution in [0.25, 0.3) is 0 Å². The lowest BCUT2D eigenvalue weighted by Gasteiger charge is -2.40. The third-order valence-electron chi connectivity index (χ3n) is 5.19. The van der Waals surface area contributed by atoms with Crippen LogP contribution in [0.1, 0.15) is 51.4 Å². The van der Waals surface area contributed by atoms with E-state index in [9.17, 15) is 0 Å². The summed E-state index contributed by atoms with van der Waals surface area (Å²) in [5.41, 5.74) is 6.42. The average Bonchev–Trinajstić information content (AvgIpc) is 2.93. The van der Waals surface area contributed by atoms with Crippen molar-refractivity contribution in [3.8, 4) is 0 Å². The molecule has 0 saturated heterocycles. The molecule has 0 spiro atoms. The number of nitrogens with one attached hydrogen (secondary N) is 1. The summed E-state index contributed by atoms with van der Waals surface area (Å²) < 4.78 is 0. The Morgan fingerprint density at radius 3 is 2.47 bits per heavy atom. The molecule has 2 bridgehead atoms. The predicted octanol–water partition coefficient (Wildman–Crippen LogP) is 2.04. The molecule has 0 aromatic heterocycles. The van der Waals surface area contributed by atoms with E-state index >= 15 is 0 Å². The molecule has 0 heterocycles. The first-order valence-corrected chi connectivity index (χ1v) is 6.80. The van der Waals surface area contributed by atoms with Crippen LogP contribution in [-0.2, 0) is 0 Å². The van der Waals surface area contributed by atoms with E-state index in [0.29, 0.717) is 5.54 Å². The van der Waals surface area contributed by atoms with Gasteiger partial charge in [0.1, 0.15) is 0 Å². The molecule has 3 fully saturated rings. The highest BCUT2D eigenvalue weighted by Crippen LogP contribution is 2.50. The number of rotatable bonds is 3. The van der Waals surface area contributed by atoms with Crippen LogP contribution in [0.4, 0.5) is 0 Å². The van der Waals surface area contributed by atoms with Crippen molar-refractivity contribution in [3.63, 3.8) is 0 Å². The standard InChI is InChI=1S/C13H24N2/c14-9-13(15-12-3-1-2-4-12)8-10-5-6-11(13)7-10/h10-12,15H,1-9,14H2. The second kappa shape index (κ2) is 3.74. The van der Waals surface area contributed by atoms with Gasteiger partial charge >= 0.3 is 0 Å². The van der Waals surface area contributed by atoms with Crippen molar-refractivity contribution in [3.05, 3.63) is 0 Å². The smallest absolute Gasteiger partial charge is 0.0337 e. The van der Waals surface area contributed by atoms with Gasteiger partial charge in [-0.05, 0) is 43.9 Å². The zero-order valence-electron chi connectivity index (χ0n) is 9.67. The van der Waals surface area contributed by atoms with Crippen LogP contribution in [0.5, 0.6) is 0 Å². The summed E-state index contributed by atoms with van der Waals surface area (Å²) in [6, 6.07) is 0.785. The molecular formula is C13H24N2. The Morgan fingerprint density at radius 1 is 1.13 bits per heavy atom. The first-order chi connectivity index (χ1) is 7.32. The lowest BCUT2D eigenvalue weighted by atomic mass is 9.80. The van der Waals surface area contributed by atoms with Crippen molar-refractivity contribution in [2.24, 2.45) is 17.6 Å². The van der Waals surface area contributed by atoms with E-state index < -0.39 is 0 Å². The molecule has 0 radical (unpaired) electrons. The molecule has 0 aromatic rings. The van der Waals surface area contributed by atoms with Crippen LogP contribution in [0, 0.1) is 11.8 Å². The third-order valence-corrected chi connectivity index (χ3v) is 5.19. The van der Waals surface area contributed by atoms with Gasteiger partial charge in [-0.25, -0.2) is 0 Å². The Kier molecular flexibility index (Phi) is 2.52. The Morgan fingerprint density at radius 2 is 1.93 bits per heavy atom. The summed E-state index contributed by atoms with van der Waals surface area (Å²) in [4.78, 5) is 0. The minimum absolute atomic E-state index is 0.345. The highest BCUT2D eigenvalue weighted by atomic mass is 15.1. The van der Waals surface area contributed by atoms with E-state index in [1.54, 1.807) is 0 Å². The summed E-state index contributed by atoms with van der Waals surface area (Å²) in [7, 11) is 0. The highest BCUT2D eigenvalue weighted by Gasteiger charge is 2.50. The van der Waals surface area contributed by atoms with Gasteiger partial charge in [-0.15, -0.1) is 0 Å². The lowest BCUT2D eigenvalue weighted by molar-refractivity contribution is 0.193. The van der Waals surface area contributed by atoms with Gasteiger partial charge in [-0.2, -0.15) is 0 Å². The maximum atomic E-state index is 6.07. The first kappa shape index (κ1) is 10.1. The fraction of sp³-hybridized carbons (Fsp3) is 1.00. The van der Waals surface area contributed by atoms with Gasteiger partial charge in [0, 0.05) is 18.1 Å². The van der Waals surface area contributed by atoms with Gasteiger partial charge in [0.05, 0.1) is 0 Å². The lowest BCUT2D eigenvalue weighted by Crippen LogP contribution is -2.57. The van der Waals surface area contributed by atoms with E-state index in [2.05, 4.69) is 5.32 Å². The van der Waals surface area contributed by atoms with Crippen LogP contribution in [-0.4, -0.2) is 18.1 Å². The van der Waals surface area contributed by atoms with E-state index in [-0.39, 0.29) is 0 Å². The van der Waals surface area contributed by atoms with Crippen LogP contribution in [0.2, 0.25) is 0 Å². The molecule has 0 aliphatic heterocycles. The summed E-state index contributed by atoms with van der Waals surface area (Å²) in [5, 5.41) is 3.95. The normalized spacial score (nSPS) is 45.4. The minimum atomic E-state index is 0.345. The van der Waals surface area contributed by atoms with Crippen LogP contribution in [0.3, 0.4) is 0 Å². The van der Waals surface area contributed by atoms with Crippen molar-refractivity contribution in [1.82, 2.24) is 5.32 Å². The molecule has 3 aliphatic rings. The molecule has 2 heteroatoms. The molecule has 0 amide bonds. The zero-order valence-corrected chi connectivity index (χ0v) is 9.67. The molecule has 3 atom stereocenters. The molecule has 86 valence electrons. The molecule has 15 heavy (non-hydrogen) atoms. The van der Waals surface area contributed by atoms with Crippen LogP contribution in [0.15, 0.2) is 0 Å². The number of hydrogen-bond acceptors (Lipinski definition) is 2. The SMILES string of the molecule is NCC1(NC2CCCC2)CC2CCC1C2. The van der Waals surface area contributed by atoms with E-state index in [1.807, 2.05) is 0 Å². The molecule has 2 nitrogen and oxygen atoms in total. The topological polar surface area (TPSA) is 38.0 Å². The maximum absolute atomic E-state index is 6.07. The number of nitrogens with two attached hydrogens (primary N) is 1. The van der Waals surface area contributed by atoms with E-state index in [4.69, 9.17) is 5.73 Å². The third kappa shape index (κ3) is 1.62. The van der Waals surface area contributed by atoms with E-state index in [0.717, 1.165) is 24.4 Å². The van der Waals surface area contributed by atoms with Crippen molar-refractivity contribution in [2.75, 3.05) is 6.54 Å². The molecule has 3 unspecified atom stereocenters. The van der Waals surface area contributed by atoms with Gasteiger partial charge < -0.3 is 11.1 Å². The molecular weight excluding hydrogens is 184 g/mol.